The van der Waals surface area contributed by atoms with Crippen molar-refractivity contribution in [2.75, 3.05) is 0 Å². The highest BCUT2D eigenvalue weighted by atomic mass is 19.2. The third-order valence-corrected chi connectivity index (χ3v) is 3.57. The normalized spacial score (nSPS) is 11.5. The van der Waals surface area contributed by atoms with Gasteiger partial charge >= 0.3 is 0 Å². The van der Waals surface area contributed by atoms with Crippen LogP contribution < -0.4 is 16.2 Å². The second-order valence-electron chi connectivity index (χ2n) is 4.82. The summed E-state index contributed by atoms with van der Waals surface area (Å²) in [7, 11) is 0. The highest BCUT2D eigenvalue weighted by molar-refractivity contribution is 5.90. The molecule has 124 valence electrons. The molecule has 0 heterocycles. The summed E-state index contributed by atoms with van der Waals surface area (Å²) in [5, 5.41) is 21.7. The summed E-state index contributed by atoms with van der Waals surface area (Å²) in [4.78, 5) is 0. The number of rotatable bonds is 0. The molecule has 0 aromatic heterocycles. The van der Waals surface area contributed by atoms with E-state index < -0.39 is 67.1 Å². The van der Waals surface area contributed by atoms with Crippen molar-refractivity contribution < 1.29 is 22.0 Å². The maximum Gasteiger partial charge on any atom is 0.171 e. The van der Waals surface area contributed by atoms with Crippen LogP contribution in [0.3, 0.4) is 0 Å². The van der Waals surface area contributed by atoms with Crippen LogP contribution in [0, 0.1) is 70.0 Å². The van der Waals surface area contributed by atoms with Crippen LogP contribution in [0.2, 0.25) is 0 Å². The second-order valence-corrected chi connectivity index (χ2v) is 4.82. The lowest BCUT2D eigenvalue weighted by atomic mass is 9.97. The molecule has 9 heteroatoms. The second kappa shape index (κ2) is 6.10. The molecule has 2 aromatic carbocycles. The quantitative estimate of drug-likeness (QED) is 0.578. The zero-order chi connectivity index (χ0) is 19.0. The fourth-order valence-corrected chi connectivity index (χ4v) is 2.46. The minimum absolute atomic E-state index is 0.509. The minimum atomic E-state index is -1.93. The summed E-state index contributed by atoms with van der Waals surface area (Å²) in [5.41, 5.74) is 2.77. The summed E-state index contributed by atoms with van der Waals surface area (Å²) in [5.74, 6) is -9.21. The third-order valence-electron chi connectivity index (χ3n) is 3.57. The van der Waals surface area contributed by atoms with E-state index in [2.05, 4.69) is 0 Å². The first-order chi connectivity index (χ1) is 11.7. The number of hydrogen-bond acceptors (Lipinski definition) is 4. The van der Waals surface area contributed by atoms with E-state index in [9.17, 15) is 22.0 Å². The molecule has 0 aliphatic heterocycles. The largest absolute Gasteiger partial charge is 0.390 e. The molecule has 0 fully saturated rings. The van der Waals surface area contributed by atoms with E-state index in [1.165, 1.54) is 6.07 Å². The van der Waals surface area contributed by atoms with Crippen molar-refractivity contribution in [1.82, 2.24) is 0 Å². The lowest BCUT2D eigenvalue weighted by molar-refractivity contribution is 0.483. The van der Waals surface area contributed by atoms with Crippen LogP contribution in [0.4, 0.5) is 22.0 Å². The minimum Gasteiger partial charge on any atom is -0.390 e. The van der Waals surface area contributed by atoms with Crippen molar-refractivity contribution in [3.63, 3.8) is 0 Å². The highest BCUT2D eigenvalue weighted by Crippen LogP contribution is 2.27. The smallest absolute Gasteiger partial charge is 0.171 e. The van der Waals surface area contributed by atoms with Crippen LogP contribution in [0.25, 0.3) is 22.0 Å². The van der Waals surface area contributed by atoms with Crippen molar-refractivity contribution in [3.8, 4) is 18.2 Å². The van der Waals surface area contributed by atoms with E-state index in [1.54, 1.807) is 0 Å². The highest BCUT2D eigenvalue weighted by Gasteiger charge is 2.26. The molecule has 0 radical (unpaired) electrons. The molecule has 0 atom stereocenters. The molecule has 0 saturated heterocycles. The Morgan fingerprint density at radius 2 is 1.20 bits per heavy atom. The first-order valence-corrected chi connectivity index (χ1v) is 6.40. The Morgan fingerprint density at radius 3 is 1.68 bits per heavy atom. The molecule has 4 nitrogen and oxygen atoms in total. The molecule has 0 bridgehead atoms. The molecular formula is C16H5F5N4. The molecule has 0 spiro atoms. The third kappa shape index (κ3) is 2.32. The predicted molar refractivity (Wildman–Crippen MR) is 75.6 cm³/mol. The van der Waals surface area contributed by atoms with E-state index in [4.69, 9.17) is 21.5 Å². The monoisotopic (exact) mass is 348 g/mol. The fourth-order valence-electron chi connectivity index (χ4n) is 2.46. The summed E-state index contributed by atoms with van der Waals surface area (Å²) in [6.07, 6.45) is 0. The lowest BCUT2D eigenvalue weighted by Gasteiger charge is -2.11. The number of halogens is 5. The van der Waals surface area contributed by atoms with E-state index in [0.29, 0.717) is 0 Å². The van der Waals surface area contributed by atoms with Crippen LogP contribution in [-0.4, -0.2) is 0 Å². The van der Waals surface area contributed by atoms with Gasteiger partial charge in [0.25, 0.3) is 0 Å². The molecule has 2 aromatic rings. The Labute approximate surface area is 136 Å². The molecule has 0 aliphatic rings. The summed E-state index contributed by atoms with van der Waals surface area (Å²) >= 11 is 0. The Hall–Kier alpha value is -3.64. The van der Waals surface area contributed by atoms with Gasteiger partial charge in [0.15, 0.2) is 23.3 Å². The maximum atomic E-state index is 14.5. The first kappa shape index (κ1) is 17.7. The zero-order valence-corrected chi connectivity index (χ0v) is 12.3. The molecule has 0 unspecified atom stereocenters. The van der Waals surface area contributed by atoms with Crippen molar-refractivity contribution in [1.29, 1.82) is 15.8 Å². The lowest BCUT2D eigenvalue weighted by Crippen LogP contribution is -2.26. The maximum absolute atomic E-state index is 14.5. The van der Waals surface area contributed by atoms with E-state index in [1.807, 2.05) is 0 Å². The number of fused-ring (bicyclic) bond motifs is 1. The number of nitrogens with two attached hydrogens (primary N) is 1. The van der Waals surface area contributed by atoms with Crippen molar-refractivity contribution in [2.45, 2.75) is 6.92 Å². The predicted octanol–water partition coefficient (Wildman–Crippen LogP) is 1.63. The topological polar surface area (TPSA) is 97.4 Å². The molecule has 25 heavy (non-hydrogen) atoms. The van der Waals surface area contributed by atoms with Crippen molar-refractivity contribution in [2.24, 2.45) is 5.73 Å². The van der Waals surface area contributed by atoms with Gasteiger partial charge in [-0.2, -0.15) is 15.8 Å². The average Bonchev–Trinajstić information content (AvgIpc) is 2.59. The molecular weight excluding hydrogens is 343 g/mol. The van der Waals surface area contributed by atoms with Gasteiger partial charge in [-0.25, -0.2) is 22.0 Å². The molecule has 0 saturated carbocycles. The van der Waals surface area contributed by atoms with Crippen LogP contribution in [0.1, 0.15) is 5.56 Å². The van der Waals surface area contributed by atoms with Crippen molar-refractivity contribution in [3.05, 3.63) is 45.1 Å². The van der Waals surface area contributed by atoms with Gasteiger partial charge in [-0.1, -0.05) is 0 Å². The number of nitrogens with zero attached hydrogens (tertiary/aromatic N) is 3. The Kier molecular flexibility index (Phi) is 4.32. The van der Waals surface area contributed by atoms with E-state index in [-0.39, 0.29) is 0 Å². The van der Waals surface area contributed by atoms with E-state index >= 15 is 0 Å². The van der Waals surface area contributed by atoms with Gasteiger partial charge in [0.2, 0.25) is 0 Å². The van der Waals surface area contributed by atoms with Crippen molar-refractivity contribution >= 4 is 22.0 Å². The number of aryl methyl sites for hydroxylation is 1. The summed E-state index contributed by atoms with van der Waals surface area (Å²) in [6, 6.07) is 3.65. The Balaban J connectivity index is 3.45. The molecule has 2 rings (SSSR count). The van der Waals surface area contributed by atoms with E-state index in [0.717, 1.165) is 19.1 Å². The van der Waals surface area contributed by atoms with Gasteiger partial charge in [0.05, 0.1) is 15.8 Å². The van der Waals surface area contributed by atoms with Gasteiger partial charge in [-0.3, -0.25) is 0 Å². The fraction of sp³-hybridized carbons (Fsp3) is 0.0625. The SMILES string of the molecule is Cc1/c(=C(\N)C#N)c(F)c(F)c2c(F)c(=C(C#N)C#N)c(F)c(F)c12. The Morgan fingerprint density at radius 1 is 0.720 bits per heavy atom. The van der Waals surface area contributed by atoms with Gasteiger partial charge < -0.3 is 5.73 Å². The Bertz CT molecular complexity index is 1180. The van der Waals surface area contributed by atoms with Gasteiger partial charge in [0.1, 0.15) is 35.3 Å². The average molecular weight is 348 g/mol. The number of benzene rings is 2. The summed E-state index contributed by atoms with van der Waals surface area (Å²) in [6.45, 7) is 0.991. The van der Waals surface area contributed by atoms with Gasteiger partial charge in [-0.05, 0) is 12.5 Å². The first-order valence-electron chi connectivity index (χ1n) is 6.40. The standard InChI is InChI=1S/C16H5F5N4/c1-5-8(7(25)4-24)13(18)16(21)11-9(5)14(19)15(20)10(12(11)17)6(2-22)3-23/h25H2,1H3/b8-7+. The number of hydrogen-bond donors (Lipinski definition) is 1. The van der Waals surface area contributed by atoms with Crippen LogP contribution in [0.5, 0.6) is 0 Å². The number of nitriles is 3. The zero-order valence-electron chi connectivity index (χ0n) is 12.3. The molecule has 0 aliphatic carbocycles. The van der Waals surface area contributed by atoms with Crippen LogP contribution >= 0.6 is 0 Å². The van der Waals surface area contributed by atoms with Crippen LogP contribution in [-0.2, 0) is 0 Å². The van der Waals surface area contributed by atoms with Gasteiger partial charge in [0, 0.05) is 5.39 Å². The molecule has 2 N–H and O–H groups in total. The van der Waals surface area contributed by atoms with Crippen LogP contribution in [0.15, 0.2) is 0 Å². The summed E-state index contributed by atoms with van der Waals surface area (Å²) < 4.78 is 71.6. The molecule has 0 amide bonds. The van der Waals surface area contributed by atoms with Gasteiger partial charge in [-0.15, -0.1) is 0 Å².